The summed E-state index contributed by atoms with van der Waals surface area (Å²) in [7, 11) is 1.83. The second-order valence-corrected chi connectivity index (χ2v) is 6.22. The Morgan fingerprint density at radius 2 is 2.12 bits per heavy atom. The number of carbonyl (C=O) groups excluding carboxylic acids is 1. The highest BCUT2D eigenvalue weighted by Gasteiger charge is 2.25. The molecule has 0 spiro atoms. The Morgan fingerprint density at radius 1 is 1.28 bits per heavy atom. The van der Waals surface area contributed by atoms with Crippen LogP contribution in [0.4, 0.5) is 0 Å². The Hall–Kier alpha value is -2.93. The van der Waals surface area contributed by atoms with Crippen molar-refractivity contribution < 1.29 is 4.79 Å². The van der Waals surface area contributed by atoms with Gasteiger partial charge in [-0.15, -0.1) is 0 Å². The molecule has 1 aliphatic heterocycles. The lowest BCUT2D eigenvalue weighted by molar-refractivity contribution is 0.0732. The lowest BCUT2D eigenvalue weighted by Gasteiger charge is -2.22. The maximum Gasteiger partial charge on any atom is 0.289 e. The monoisotopic (exact) mass is 336 g/mol. The van der Waals surface area contributed by atoms with Crippen molar-refractivity contribution in [2.75, 3.05) is 20.1 Å². The van der Waals surface area contributed by atoms with Gasteiger partial charge in [-0.1, -0.05) is 18.2 Å². The van der Waals surface area contributed by atoms with E-state index >= 15 is 0 Å². The summed E-state index contributed by atoms with van der Waals surface area (Å²) >= 11 is 0. The molecule has 0 aliphatic carbocycles. The van der Waals surface area contributed by atoms with Crippen LogP contribution in [-0.4, -0.2) is 56.7 Å². The molecule has 1 saturated heterocycles. The van der Waals surface area contributed by atoms with E-state index in [1.807, 2.05) is 43.6 Å². The van der Waals surface area contributed by atoms with E-state index in [1.54, 1.807) is 22.0 Å². The standard InChI is InChI=1S/C18H20N6O/c1-23(15-7-8-19-10-15)18(25)17-20-11-16(22-17)13-9-21-24(12-13)14-5-3-2-4-6-14/h2-6,9,11-12,15,19H,7-8,10H2,1H3,(H,20,22)/t15-/m0/s1. The van der Waals surface area contributed by atoms with E-state index < -0.39 is 0 Å². The van der Waals surface area contributed by atoms with E-state index in [-0.39, 0.29) is 11.9 Å². The number of likely N-dealkylation sites (N-methyl/N-ethyl adjacent to an activating group) is 1. The zero-order chi connectivity index (χ0) is 17.2. The normalized spacial score (nSPS) is 16.9. The molecule has 0 radical (unpaired) electrons. The van der Waals surface area contributed by atoms with Crippen LogP contribution in [0, 0.1) is 0 Å². The van der Waals surface area contributed by atoms with Crippen molar-refractivity contribution in [2.24, 2.45) is 0 Å². The average molecular weight is 336 g/mol. The number of imidazole rings is 1. The molecule has 3 aromatic rings. The minimum Gasteiger partial charge on any atom is -0.335 e. The fraction of sp³-hybridized carbons (Fsp3) is 0.278. The van der Waals surface area contributed by atoms with Crippen molar-refractivity contribution in [1.82, 2.24) is 30.0 Å². The fourth-order valence-electron chi connectivity index (χ4n) is 3.06. The van der Waals surface area contributed by atoms with Crippen LogP contribution in [0.5, 0.6) is 0 Å². The molecule has 2 aromatic heterocycles. The van der Waals surface area contributed by atoms with E-state index in [2.05, 4.69) is 20.4 Å². The van der Waals surface area contributed by atoms with E-state index in [9.17, 15) is 4.79 Å². The van der Waals surface area contributed by atoms with Gasteiger partial charge in [-0.3, -0.25) is 4.79 Å². The maximum absolute atomic E-state index is 12.6. The molecule has 0 saturated carbocycles. The van der Waals surface area contributed by atoms with Crippen molar-refractivity contribution in [1.29, 1.82) is 0 Å². The predicted octanol–water partition coefficient (Wildman–Crippen LogP) is 1.70. The van der Waals surface area contributed by atoms with Crippen LogP contribution >= 0.6 is 0 Å². The number of hydrogen-bond acceptors (Lipinski definition) is 4. The number of amides is 1. The molecule has 0 bridgehead atoms. The van der Waals surface area contributed by atoms with Gasteiger partial charge >= 0.3 is 0 Å². The minimum atomic E-state index is -0.0876. The Bertz CT molecular complexity index is 863. The molecular weight excluding hydrogens is 316 g/mol. The first-order chi connectivity index (χ1) is 12.2. The molecule has 2 N–H and O–H groups in total. The number of nitrogens with zero attached hydrogens (tertiary/aromatic N) is 4. The second-order valence-electron chi connectivity index (χ2n) is 6.22. The van der Waals surface area contributed by atoms with Gasteiger partial charge in [-0.2, -0.15) is 5.10 Å². The zero-order valence-electron chi connectivity index (χ0n) is 14.0. The first-order valence-corrected chi connectivity index (χ1v) is 8.36. The number of para-hydroxylation sites is 1. The molecule has 4 rings (SSSR count). The maximum atomic E-state index is 12.6. The van der Waals surface area contributed by atoms with E-state index in [0.717, 1.165) is 36.5 Å². The third kappa shape index (κ3) is 3.06. The summed E-state index contributed by atoms with van der Waals surface area (Å²) in [5.74, 6) is 0.271. The molecule has 1 amide bonds. The van der Waals surface area contributed by atoms with Crippen molar-refractivity contribution in [2.45, 2.75) is 12.5 Å². The van der Waals surface area contributed by atoms with Gasteiger partial charge in [0.05, 0.1) is 23.8 Å². The summed E-state index contributed by atoms with van der Waals surface area (Å²) in [5.41, 5.74) is 2.65. The number of hydrogen-bond donors (Lipinski definition) is 2. The van der Waals surface area contributed by atoms with E-state index in [1.165, 1.54) is 0 Å². The van der Waals surface area contributed by atoms with Crippen LogP contribution in [0.2, 0.25) is 0 Å². The highest BCUT2D eigenvalue weighted by molar-refractivity contribution is 5.91. The minimum absolute atomic E-state index is 0.0876. The predicted molar refractivity (Wildman–Crippen MR) is 94.5 cm³/mol. The number of carbonyl (C=O) groups is 1. The molecule has 7 nitrogen and oxygen atoms in total. The number of aromatic amines is 1. The van der Waals surface area contributed by atoms with Crippen LogP contribution in [0.15, 0.2) is 48.9 Å². The second kappa shape index (κ2) is 6.52. The average Bonchev–Trinajstić information content (AvgIpc) is 3.42. The van der Waals surface area contributed by atoms with Crippen molar-refractivity contribution in [3.8, 4) is 16.9 Å². The van der Waals surface area contributed by atoms with Gasteiger partial charge in [0.15, 0.2) is 5.82 Å². The first kappa shape index (κ1) is 15.6. The van der Waals surface area contributed by atoms with Crippen LogP contribution in [0.1, 0.15) is 17.0 Å². The largest absolute Gasteiger partial charge is 0.335 e. The molecule has 1 aliphatic rings. The summed E-state index contributed by atoms with van der Waals surface area (Å²) in [6.07, 6.45) is 6.33. The van der Waals surface area contributed by atoms with Gasteiger partial charge in [0, 0.05) is 31.4 Å². The number of H-pyrrole nitrogens is 1. The summed E-state index contributed by atoms with van der Waals surface area (Å²) in [6, 6.07) is 10.1. The first-order valence-electron chi connectivity index (χ1n) is 8.36. The highest BCUT2D eigenvalue weighted by Crippen LogP contribution is 2.19. The fourth-order valence-corrected chi connectivity index (χ4v) is 3.06. The Labute approximate surface area is 145 Å². The third-order valence-corrected chi connectivity index (χ3v) is 4.60. The van der Waals surface area contributed by atoms with Crippen LogP contribution < -0.4 is 5.32 Å². The van der Waals surface area contributed by atoms with Gasteiger partial charge in [0.25, 0.3) is 5.91 Å². The molecule has 25 heavy (non-hydrogen) atoms. The molecule has 1 atom stereocenters. The van der Waals surface area contributed by atoms with Gasteiger partial charge in [-0.25, -0.2) is 9.67 Å². The molecule has 0 unspecified atom stereocenters. The summed E-state index contributed by atoms with van der Waals surface area (Å²) in [5, 5.41) is 7.65. The molecule has 1 fully saturated rings. The zero-order valence-corrected chi connectivity index (χ0v) is 14.0. The van der Waals surface area contributed by atoms with Gasteiger partial charge in [-0.05, 0) is 25.1 Å². The van der Waals surface area contributed by atoms with Gasteiger partial charge in [0.1, 0.15) is 0 Å². The smallest absolute Gasteiger partial charge is 0.289 e. The number of rotatable bonds is 4. The summed E-state index contributed by atoms with van der Waals surface area (Å²) < 4.78 is 1.80. The Kier molecular flexibility index (Phi) is 4.07. The Morgan fingerprint density at radius 3 is 2.88 bits per heavy atom. The van der Waals surface area contributed by atoms with Crippen molar-refractivity contribution >= 4 is 5.91 Å². The van der Waals surface area contributed by atoms with Gasteiger partial charge in [0.2, 0.25) is 0 Å². The van der Waals surface area contributed by atoms with Crippen molar-refractivity contribution in [3.63, 3.8) is 0 Å². The van der Waals surface area contributed by atoms with Crippen LogP contribution in [0.3, 0.4) is 0 Å². The molecule has 1 aromatic carbocycles. The summed E-state index contributed by atoms with van der Waals surface area (Å²) in [4.78, 5) is 21.7. The molecular formula is C18H20N6O. The Balaban J connectivity index is 1.53. The number of aromatic nitrogens is 4. The SMILES string of the molecule is CN(C(=O)c1ncc(-c2cnn(-c3ccccc3)c2)[nH]1)[C@H]1CCNC1. The number of benzene rings is 1. The lowest BCUT2D eigenvalue weighted by atomic mass is 10.2. The molecule has 128 valence electrons. The van der Waals surface area contributed by atoms with Crippen LogP contribution in [0.25, 0.3) is 16.9 Å². The van der Waals surface area contributed by atoms with Gasteiger partial charge < -0.3 is 15.2 Å². The topological polar surface area (TPSA) is 78.8 Å². The van der Waals surface area contributed by atoms with E-state index in [0.29, 0.717) is 5.82 Å². The molecule has 7 heteroatoms. The van der Waals surface area contributed by atoms with Crippen LogP contribution in [-0.2, 0) is 0 Å². The quantitative estimate of drug-likeness (QED) is 0.760. The molecule has 3 heterocycles. The highest BCUT2D eigenvalue weighted by atomic mass is 16.2. The third-order valence-electron chi connectivity index (χ3n) is 4.60. The lowest BCUT2D eigenvalue weighted by Crippen LogP contribution is -2.38. The van der Waals surface area contributed by atoms with E-state index in [4.69, 9.17) is 0 Å². The summed E-state index contributed by atoms with van der Waals surface area (Å²) in [6.45, 7) is 1.78. The number of nitrogens with one attached hydrogen (secondary N) is 2. The van der Waals surface area contributed by atoms with Crippen molar-refractivity contribution in [3.05, 3.63) is 54.7 Å².